The summed E-state index contributed by atoms with van der Waals surface area (Å²) in [5, 5.41) is 0. The molecular weight excluding hydrogens is 350 g/mol. The van der Waals surface area contributed by atoms with Gasteiger partial charge in [0.1, 0.15) is 0 Å². The molecule has 0 unspecified atom stereocenters. The van der Waals surface area contributed by atoms with Crippen molar-refractivity contribution < 1.29 is 4.79 Å². The van der Waals surface area contributed by atoms with Gasteiger partial charge in [0.2, 0.25) is 5.91 Å². The molecule has 0 aliphatic carbocycles. The molecule has 1 amide bonds. The number of hydrogen-bond donors (Lipinski definition) is 0. The Bertz CT molecular complexity index is 1040. The van der Waals surface area contributed by atoms with Crippen molar-refractivity contribution in [2.24, 2.45) is 7.05 Å². The number of carbonyl (C=O) groups is 1. The highest BCUT2D eigenvalue weighted by atomic mass is 16.2. The van der Waals surface area contributed by atoms with Gasteiger partial charge < -0.3 is 4.90 Å². The molecule has 1 heterocycles. The molecule has 0 atom stereocenters. The fourth-order valence-corrected chi connectivity index (χ4v) is 3.45. The Hall–Kier alpha value is -2.82. The average Bonchev–Trinajstić information content (AvgIpc) is 2.90. The first-order chi connectivity index (χ1) is 13.2. The van der Waals surface area contributed by atoms with E-state index in [1.54, 1.807) is 21.1 Å². The highest BCUT2D eigenvalue weighted by molar-refractivity contribution is 5.77. The van der Waals surface area contributed by atoms with Crippen LogP contribution < -0.4 is 5.69 Å². The topological polar surface area (TPSA) is 47.2 Å². The van der Waals surface area contributed by atoms with Crippen LogP contribution >= 0.6 is 0 Å². The maximum absolute atomic E-state index is 12.6. The van der Waals surface area contributed by atoms with Crippen molar-refractivity contribution in [3.8, 4) is 0 Å². The number of para-hydroxylation sites is 2. The Morgan fingerprint density at radius 2 is 1.61 bits per heavy atom. The molecule has 2 aromatic carbocycles. The number of amides is 1. The van der Waals surface area contributed by atoms with Gasteiger partial charge in [-0.25, -0.2) is 4.79 Å². The van der Waals surface area contributed by atoms with Gasteiger partial charge in [-0.15, -0.1) is 0 Å². The molecule has 0 radical (unpaired) electrons. The Kier molecular flexibility index (Phi) is 5.45. The zero-order chi connectivity index (χ0) is 20.5. The van der Waals surface area contributed by atoms with Crippen LogP contribution in [0, 0.1) is 0 Å². The van der Waals surface area contributed by atoms with Crippen LogP contribution in [0.5, 0.6) is 0 Å². The first-order valence-electron chi connectivity index (χ1n) is 9.66. The molecule has 0 saturated carbocycles. The largest absolute Gasteiger partial charge is 0.341 e. The van der Waals surface area contributed by atoms with Gasteiger partial charge in [0.25, 0.3) is 0 Å². The maximum Gasteiger partial charge on any atom is 0.328 e. The van der Waals surface area contributed by atoms with Crippen LogP contribution in [0.4, 0.5) is 0 Å². The van der Waals surface area contributed by atoms with Crippen molar-refractivity contribution in [1.29, 1.82) is 0 Å². The molecule has 0 saturated heterocycles. The fourth-order valence-electron chi connectivity index (χ4n) is 3.45. The van der Waals surface area contributed by atoms with E-state index in [9.17, 15) is 9.59 Å². The molecule has 0 fully saturated rings. The third-order valence-electron chi connectivity index (χ3n) is 5.27. The van der Waals surface area contributed by atoms with Gasteiger partial charge in [-0.2, -0.15) is 0 Å². The molecule has 3 aromatic rings. The van der Waals surface area contributed by atoms with Gasteiger partial charge in [0.05, 0.1) is 11.0 Å². The molecule has 148 valence electrons. The number of aromatic nitrogens is 2. The van der Waals surface area contributed by atoms with E-state index in [4.69, 9.17) is 0 Å². The van der Waals surface area contributed by atoms with Crippen LogP contribution in [0.2, 0.25) is 0 Å². The van der Waals surface area contributed by atoms with Crippen molar-refractivity contribution in [1.82, 2.24) is 14.0 Å². The second kappa shape index (κ2) is 7.66. The quantitative estimate of drug-likeness (QED) is 0.679. The zero-order valence-corrected chi connectivity index (χ0v) is 17.4. The first-order valence-corrected chi connectivity index (χ1v) is 9.66. The fraction of sp³-hybridized carbons (Fsp3) is 0.391. The normalized spacial score (nSPS) is 11.8. The molecule has 0 bridgehead atoms. The predicted molar refractivity (Wildman–Crippen MR) is 113 cm³/mol. The molecule has 3 rings (SSSR count). The highest BCUT2D eigenvalue weighted by Gasteiger charge is 2.15. The smallest absolute Gasteiger partial charge is 0.328 e. The van der Waals surface area contributed by atoms with E-state index in [0.717, 1.165) is 16.6 Å². The van der Waals surface area contributed by atoms with Crippen LogP contribution in [-0.2, 0) is 30.3 Å². The Labute approximate surface area is 166 Å². The third-order valence-corrected chi connectivity index (χ3v) is 5.27. The minimum Gasteiger partial charge on any atom is -0.341 e. The SMILES string of the molecule is CN(Cc1ccc(C(C)(C)C)cc1)C(=O)CCn1c(=O)n(C)c2ccccc21. The number of fused-ring (bicyclic) bond motifs is 1. The van der Waals surface area contributed by atoms with Crippen LogP contribution in [0.15, 0.2) is 53.3 Å². The van der Waals surface area contributed by atoms with E-state index < -0.39 is 0 Å². The lowest BCUT2D eigenvalue weighted by molar-refractivity contribution is -0.130. The molecule has 1 aromatic heterocycles. The van der Waals surface area contributed by atoms with E-state index in [1.165, 1.54) is 5.56 Å². The summed E-state index contributed by atoms with van der Waals surface area (Å²) in [6.45, 7) is 7.51. The lowest BCUT2D eigenvalue weighted by Gasteiger charge is -2.21. The minimum atomic E-state index is -0.0885. The van der Waals surface area contributed by atoms with Gasteiger partial charge in [0.15, 0.2) is 0 Å². The average molecular weight is 380 g/mol. The molecule has 0 aliphatic rings. The number of nitrogens with zero attached hydrogens (tertiary/aromatic N) is 3. The summed E-state index contributed by atoms with van der Waals surface area (Å²) in [5.74, 6) is 0.0275. The van der Waals surface area contributed by atoms with Crippen molar-refractivity contribution in [3.63, 3.8) is 0 Å². The predicted octanol–water partition coefficient (Wildman–Crippen LogP) is 3.69. The van der Waals surface area contributed by atoms with Gasteiger partial charge in [-0.1, -0.05) is 57.2 Å². The highest BCUT2D eigenvalue weighted by Crippen LogP contribution is 2.22. The van der Waals surface area contributed by atoms with Crippen LogP contribution in [0.1, 0.15) is 38.3 Å². The van der Waals surface area contributed by atoms with Crippen LogP contribution in [-0.4, -0.2) is 27.0 Å². The summed E-state index contributed by atoms with van der Waals surface area (Å²) in [5.41, 5.74) is 4.16. The summed E-state index contributed by atoms with van der Waals surface area (Å²) in [4.78, 5) is 26.8. The third kappa shape index (κ3) is 4.03. The standard InChI is InChI=1S/C23H29N3O2/c1-23(2,3)18-12-10-17(11-13-18)16-24(4)21(27)14-15-26-20-9-7-6-8-19(20)25(5)22(26)28/h6-13H,14-16H2,1-5H3. The number of benzene rings is 2. The second-order valence-corrected chi connectivity index (χ2v) is 8.43. The Balaban J connectivity index is 1.66. The van der Waals surface area contributed by atoms with Gasteiger partial charge >= 0.3 is 5.69 Å². The first kappa shape index (κ1) is 19.9. The lowest BCUT2D eigenvalue weighted by atomic mass is 9.87. The van der Waals surface area contributed by atoms with E-state index in [0.29, 0.717) is 19.5 Å². The molecule has 0 spiro atoms. The Morgan fingerprint density at radius 1 is 1.00 bits per heavy atom. The zero-order valence-electron chi connectivity index (χ0n) is 17.4. The summed E-state index contributed by atoms with van der Waals surface area (Å²) in [6, 6.07) is 16.1. The van der Waals surface area contributed by atoms with Crippen LogP contribution in [0.25, 0.3) is 11.0 Å². The molecule has 5 heteroatoms. The van der Waals surface area contributed by atoms with E-state index in [1.807, 2.05) is 31.3 Å². The van der Waals surface area contributed by atoms with E-state index in [2.05, 4.69) is 45.0 Å². The monoisotopic (exact) mass is 379 g/mol. The number of hydrogen-bond acceptors (Lipinski definition) is 2. The second-order valence-electron chi connectivity index (χ2n) is 8.43. The summed E-state index contributed by atoms with van der Waals surface area (Å²) in [7, 11) is 3.57. The van der Waals surface area contributed by atoms with Crippen molar-refractivity contribution >= 4 is 16.9 Å². The maximum atomic E-state index is 12.6. The number of carbonyl (C=O) groups excluding carboxylic acids is 1. The number of rotatable bonds is 5. The van der Waals surface area contributed by atoms with Gasteiger partial charge in [-0.3, -0.25) is 13.9 Å². The summed E-state index contributed by atoms with van der Waals surface area (Å²) < 4.78 is 3.31. The molecule has 5 nitrogen and oxygen atoms in total. The molecule has 0 aliphatic heterocycles. The van der Waals surface area contributed by atoms with Crippen LogP contribution in [0.3, 0.4) is 0 Å². The summed E-state index contributed by atoms with van der Waals surface area (Å²) >= 11 is 0. The lowest BCUT2D eigenvalue weighted by Crippen LogP contribution is -2.29. The molecular formula is C23H29N3O2. The van der Waals surface area contributed by atoms with Gasteiger partial charge in [-0.05, 0) is 28.7 Å². The van der Waals surface area contributed by atoms with Crippen molar-refractivity contribution in [2.75, 3.05) is 7.05 Å². The Morgan fingerprint density at radius 3 is 2.21 bits per heavy atom. The number of imidazole rings is 1. The summed E-state index contributed by atoms with van der Waals surface area (Å²) in [6.07, 6.45) is 0.296. The van der Waals surface area contributed by atoms with Crippen molar-refractivity contribution in [3.05, 3.63) is 70.1 Å². The van der Waals surface area contributed by atoms with E-state index in [-0.39, 0.29) is 17.0 Å². The molecule has 0 N–H and O–H groups in total. The van der Waals surface area contributed by atoms with Gasteiger partial charge in [0, 0.05) is 33.6 Å². The minimum absolute atomic E-state index is 0.0275. The number of aryl methyl sites for hydroxylation is 2. The van der Waals surface area contributed by atoms with Crippen molar-refractivity contribution in [2.45, 2.75) is 45.7 Å². The molecule has 28 heavy (non-hydrogen) atoms. The van der Waals surface area contributed by atoms with E-state index >= 15 is 0 Å².